The summed E-state index contributed by atoms with van der Waals surface area (Å²) in [5, 5.41) is 0. The number of ether oxygens (including phenoxy) is 1. The number of piperidine rings is 2. The van der Waals surface area contributed by atoms with Gasteiger partial charge in [-0.3, -0.25) is 0 Å². The molecule has 0 amide bonds. The van der Waals surface area contributed by atoms with Gasteiger partial charge in [-0.1, -0.05) is 38.1 Å². The number of rotatable bonds is 8. The average molecular weight is 545 g/mol. The molecule has 0 N–H and O–H groups in total. The van der Waals surface area contributed by atoms with Crippen LogP contribution in [0.3, 0.4) is 0 Å². The molecular formula is C32H40F4N2O. The van der Waals surface area contributed by atoms with Crippen LogP contribution >= 0.6 is 0 Å². The minimum atomic E-state index is -4.11. The first-order chi connectivity index (χ1) is 18.6. The molecule has 3 fully saturated rings. The highest BCUT2D eigenvalue weighted by atomic mass is 19.4. The molecule has 39 heavy (non-hydrogen) atoms. The molecular weight excluding hydrogens is 504 g/mol. The molecule has 0 spiro atoms. The average Bonchev–Trinajstić information content (AvgIpc) is 2.89. The molecule has 1 saturated carbocycles. The smallest absolute Gasteiger partial charge is 0.395 e. The predicted octanol–water partition coefficient (Wildman–Crippen LogP) is 8.02. The van der Waals surface area contributed by atoms with E-state index in [0.29, 0.717) is 43.5 Å². The fourth-order valence-corrected chi connectivity index (χ4v) is 6.37. The van der Waals surface area contributed by atoms with Crippen LogP contribution in [0.2, 0.25) is 0 Å². The third-order valence-corrected chi connectivity index (χ3v) is 9.14. The normalized spacial score (nSPS) is 22.4. The molecule has 3 aliphatic rings. The van der Waals surface area contributed by atoms with Crippen molar-refractivity contribution in [3.05, 3.63) is 60.4 Å². The lowest BCUT2D eigenvalue weighted by atomic mass is 9.67. The van der Waals surface area contributed by atoms with E-state index in [1.165, 1.54) is 6.42 Å². The van der Waals surface area contributed by atoms with Gasteiger partial charge in [0.05, 0.1) is 12.0 Å². The van der Waals surface area contributed by atoms with Crippen LogP contribution < -0.4 is 4.74 Å². The van der Waals surface area contributed by atoms with Crippen LogP contribution in [0.15, 0.2) is 49.0 Å². The fourth-order valence-electron chi connectivity index (χ4n) is 6.37. The van der Waals surface area contributed by atoms with Crippen LogP contribution in [0.4, 0.5) is 17.6 Å². The van der Waals surface area contributed by atoms with Gasteiger partial charge >= 0.3 is 6.18 Å². The van der Waals surface area contributed by atoms with E-state index in [4.69, 9.17) is 4.74 Å². The zero-order chi connectivity index (χ0) is 27.6. The number of likely N-dealkylation sites (tertiary alicyclic amines) is 2. The van der Waals surface area contributed by atoms with Gasteiger partial charge in [0.1, 0.15) is 11.6 Å². The zero-order valence-electron chi connectivity index (χ0n) is 22.9. The molecule has 0 radical (unpaired) electrons. The van der Waals surface area contributed by atoms with Crippen molar-refractivity contribution in [3.8, 4) is 16.9 Å². The van der Waals surface area contributed by atoms with E-state index in [1.54, 1.807) is 6.07 Å². The number of benzene rings is 2. The Kier molecular flexibility index (Phi) is 8.27. The third-order valence-electron chi connectivity index (χ3n) is 9.14. The first kappa shape index (κ1) is 28.0. The largest absolute Gasteiger partial charge is 0.493 e. The Bertz CT molecular complexity index is 1130. The van der Waals surface area contributed by atoms with Gasteiger partial charge in [-0.15, -0.1) is 0 Å². The lowest BCUT2D eigenvalue weighted by Gasteiger charge is -2.47. The van der Waals surface area contributed by atoms with Crippen LogP contribution in [0.25, 0.3) is 16.8 Å². The third kappa shape index (κ3) is 6.29. The first-order valence-electron chi connectivity index (χ1n) is 14.4. The summed E-state index contributed by atoms with van der Waals surface area (Å²) in [7, 11) is 0. The number of nitrogens with zero attached hydrogens (tertiary/aromatic N) is 2. The summed E-state index contributed by atoms with van der Waals surface area (Å²) < 4.78 is 61.6. The van der Waals surface area contributed by atoms with Gasteiger partial charge in [0.25, 0.3) is 0 Å². The standard InChI is InChI=1S/C32H40F4N2O/c1-23-5-3-16-38(20-23)24(2)29-11-8-27(19-30(29)33)26-6-9-28(10-7-26)39-21-25-12-17-37(18-13-25)22-31(14-4-15-31)32(34,35)36/h6-11,19,23,25H,2-5,12-18,20-22H2,1H3. The van der Waals surface area contributed by atoms with Crippen molar-refractivity contribution in [2.45, 2.75) is 58.0 Å². The molecule has 2 saturated heterocycles. The lowest BCUT2D eigenvalue weighted by Crippen LogP contribution is -2.53. The van der Waals surface area contributed by atoms with Gasteiger partial charge in [-0.2, -0.15) is 13.2 Å². The lowest BCUT2D eigenvalue weighted by molar-refractivity contribution is -0.256. The van der Waals surface area contributed by atoms with Crippen LogP contribution in [0.1, 0.15) is 57.4 Å². The quantitative estimate of drug-likeness (QED) is 0.313. The molecule has 5 rings (SSSR count). The minimum Gasteiger partial charge on any atom is -0.493 e. The summed E-state index contributed by atoms with van der Waals surface area (Å²) in [5.41, 5.74) is 1.54. The second-order valence-corrected chi connectivity index (χ2v) is 12.0. The summed E-state index contributed by atoms with van der Waals surface area (Å²) in [6.45, 7) is 10.3. The second kappa shape index (κ2) is 11.5. The highest BCUT2D eigenvalue weighted by Crippen LogP contribution is 2.53. The monoisotopic (exact) mass is 544 g/mol. The van der Waals surface area contributed by atoms with E-state index in [9.17, 15) is 13.2 Å². The Morgan fingerprint density at radius 2 is 1.67 bits per heavy atom. The molecule has 3 nitrogen and oxygen atoms in total. The number of hydrogen-bond acceptors (Lipinski definition) is 3. The van der Waals surface area contributed by atoms with E-state index in [2.05, 4.69) is 18.4 Å². The molecule has 1 atom stereocenters. The Morgan fingerprint density at radius 3 is 2.26 bits per heavy atom. The van der Waals surface area contributed by atoms with Gasteiger partial charge in [0.2, 0.25) is 0 Å². The Balaban J connectivity index is 1.11. The molecule has 2 aromatic rings. The van der Waals surface area contributed by atoms with E-state index in [1.807, 2.05) is 41.3 Å². The summed E-state index contributed by atoms with van der Waals surface area (Å²) >= 11 is 0. The Morgan fingerprint density at radius 1 is 0.974 bits per heavy atom. The fraction of sp³-hybridized carbons (Fsp3) is 0.562. The van der Waals surface area contributed by atoms with Crippen LogP contribution in [0, 0.1) is 23.1 Å². The van der Waals surface area contributed by atoms with Gasteiger partial charge in [-0.05, 0) is 98.8 Å². The molecule has 2 aromatic carbocycles. The number of alkyl halides is 3. The highest BCUT2D eigenvalue weighted by molar-refractivity contribution is 5.69. The topological polar surface area (TPSA) is 15.7 Å². The zero-order valence-corrected chi connectivity index (χ0v) is 22.9. The molecule has 212 valence electrons. The maximum Gasteiger partial charge on any atom is 0.395 e. The van der Waals surface area contributed by atoms with Crippen molar-refractivity contribution in [1.82, 2.24) is 9.80 Å². The highest BCUT2D eigenvalue weighted by Gasteiger charge is 2.58. The maximum atomic E-state index is 15.1. The summed E-state index contributed by atoms with van der Waals surface area (Å²) in [4.78, 5) is 4.18. The van der Waals surface area contributed by atoms with Crippen molar-refractivity contribution in [2.24, 2.45) is 17.3 Å². The molecule has 7 heteroatoms. The summed E-state index contributed by atoms with van der Waals surface area (Å²) in [6, 6.07) is 13.0. The minimum absolute atomic E-state index is 0.138. The molecule has 0 bridgehead atoms. The molecule has 2 aliphatic heterocycles. The molecule has 1 aliphatic carbocycles. The van der Waals surface area contributed by atoms with Crippen LogP contribution in [0.5, 0.6) is 5.75 Å². The Hall–Kier alpha value is -2.54. The van der Waals surface area contributed by atoms with Crippen molar-refractivity contribution in [2.75, 3.05) is 39.3 Å². The molecule has 1 unspecified atom stereocenters. The predicted molar refractivity (Wildman–Crippen MR) is 148 cm³/mol. The van der Waals surface area contributed by atoms with E-state index in [0.717, 1.165) is 54.9 Å². The van der Waals surface area contributed by atoms with E-state index < -0.39 is 11.6 Å². The maximum absolute atomic E-state index is 15.1. The van der Waals surface area contributed by atoms with Gasteiger partial charge in [-0.25, -0.2) is 4.39 Å². The molecule has 2 heterocycles. The van der Waals surface area contributed by atoms with Gasteiger partial charge in [0, 0.05) is 30.9 Å². The second-order valence-electron chi connectivity index (χ2n) is 12.0. The van der Waals surface area contributed by atoms with Gasteiger partial charge in [0.15, 0.2) is 0 Å². The summed E-state index contributed by atoms with van der Waals surface area (Å²) in [5.74, 6) is 1.41. The molecule has 0 aromatic heterocycles. The summed E-state index contributed by atoms with van der Waals surface area (Å²) in [6.07, 6.45) is 1.10. The number of halogens is 4. The SMILES string of the molecule is C=C(c1ccc(-c2ccc(OCC3CCN(CC4(C(F)(F)F)CCC4)CC3)cc2)cc1F)N1CCCC(C)C1. The first-order valence-corrected chi connectivity index (χ1v) is 14.4. The van der Waals surface area contributed by atoms with Gasteiger partial charge < -0.3 is 14.5 Å². The van der Waals surface area contributed by atoms with E-state index in [-0.39, 0.29) is 25.2 Å². The van der Waals surface area contributed by atoms with Crippen LogP contribution in [-0.4, -0.2) is 55.3 Å². The number of hydrogen-bond donors (Lipinski definition) is 0. The van der Waals surface area contributed by atoms with Crippen LogP contribution in [-0.2, 0) is 0 Å². The van der Waals surface area contributed by atoms with Crippen molar-refractivity contribution in [1.29, 1.82) is 0 Å². The Labute approximate surface area is 229 Å². The van der Waals surface area contributed by atoms with Crippen molar-refractivity contribution >= 4 is 5.70 Å². The van der Waals surface area contributed by atoms with Crippen molar-refractivity contribution < 1.29 is 22.3 Å². The van der Waals surface area contributed by atoms with Crippen molar-refractivity contribution in [3.63, 3.8) is 0 Å². The van der Waals surface area contributed by atoms with E-state index >= 15 is 4.39 Å².